The topological polar surface area (TPSA) is 37.8 Å². The van der Waals surface area contributed by atoms with Gasteiger partial charge in [0, 0.05) is 17.8 Å². The molecule has 0 spiro atoms. The van der Waals surface area contributed by atoms with Crippen molar-refractivity contribution in [1.29, 1.82) is 0 Å². The van der Waals surface area contributed by atoms with Gasteiger partial charge in [0.1, 0.15) is 5.82 Å². The predicted molar refractivity (Wildman–Crippen MR) is 81.5 cm³/mol. The summed E-state index contributed by atoms with van der Waals surface area (Å²) in [5.41, 5.74) is 3.63. The first-order chi connectivity index (χ1) is 9.04. The lowest BCUT2D eigenvalue weighted by molar-refractivity contribution is 0.572. The summed E-state index contributed by atoms with van der Waals surface area (Å²) in [6.07, 6.45) is 4.37. The van der Waals surface area contributed by atoms with Crippen LogP contribution in [0.5, 0.6) is 0 Å². The molecule has 1 heterocycles. The van der Waals surface area contributed by atoms with Crippen LogP contribution < -0.4 is 5.32 Å². The van der Waals surface area contributed by atoms with Gasteiger partial charge in [0.05, 0.1) is 0 Å². The minimum absolute atomic E-state index is 0.710. The molecule has 0 unspecified atom stereocenters. The molecule has 0 saturated carbocycles. The van der Waals surface area contributed by atoms with Crippen LogP contribution in [0.1, 0.15) is 56.4 Å². The molecular formula is C16H29N3. The van der Waals surface area contributed by atoms with Crippen LogP contribution in [-0.2, 0) is 12.8 Å². The first-order valence-electron chi connectivity index (χ1n) is 7.58. The van der Waals surface area contributed by atoms with Crippen LogP contribution in [0.15, 0.2) is 0 Å². The minimum atomic E-state index is 0.710. The molecule has 0 fully saturated rings. The Morgan fingerprint density at radius 3 is 2.16 bits per heavy atom. The van der Waals surface area contributed by atoms with Crippen LogP contribution in [0.4, 0.5) is 0 Å². The van der Waals surface area contributed by atoms with Crippen molar-refractivity contribution in [3.8, 4) is 0 Å². The zero-order valence-electron chi connectivity index (χ0n) is 13.2. The van der Waals surface area contributed by atoms with Crippen molar-refractivity contribution in [3.05, 3.63) is 22.8 Å². The third-order valence-corrected chi connectivity index (χ3v) is 3.39. The lowest BCUT2D eigenvalue weighted by Crippen LogP contribution is -2.19. The van der Waals surface area contributed by atoms with Crippen LogP contribution in [-0.4, -0.2) is 23.1 Å². The van der Waals surface area contributed by atoms with Crippen molar-refractivity contribution >= 4 is 0 Å². The van der Waals surface area contributed by atoms with Crippen molar-refractivity contribution in [3.63, 3.8) is 0 Å². The minimum Gasteiger partial charge on any atom is -0.316 e. The Morgan fingerprint density at radius 1 is 1.00 bits per heavy atom. The maximum Gasteiger partial charge on any atom is 0.128 e. The molecule has 0 aliphatic carbocycles. The molecule has 0 aliphatic rings. The molecule has 0 atom stereocenters. The fourth-order valence-corrected chi connectivity index (χ4v) is 2.22. The molecule has 0 bridgehead atoms. The summed E-state index contributed by atoms with van der Waals surface area (Å²) in [4.78, 5) is 9.33. The van der Waals surface area contributed by atoms with Crippen molar-refractivity contribution in [2.24, 2.45) is 5.92 Å². The summed E-state index contributed by atoms with van der Waals surface area (Å²) in [6, 6.07) is 0. The molecule has 0 radical (unpaired) electrons. The summed E-state index contributed by atoms with van der Waals surface area (Å²) in [7, 11) is 0. The van der Waals surface area contributed by atoms with Gasteiger partial charge in [-0.2, -0.15) is 0 Å². The van der Waals surface area contributed by atoms with Gasteiger partial charge in [0.15, 0.2) is 0 Å². The van der Waals surface area contributed by atoms with Crippen molar-refractivity contribution in [2.45, 2.75) is 60.3 Å². The highest BCUT2D eigenvalue weighted by atomic mass is 14.9. The molecule has 0 aromatic carbocycles. The summed E-state index contributed by atoms with van der Waals surface area (Å²) < 4.78 is 0. The van der Waals surface area contributed by atoms with Gasteiger partial charge < -0.3 is 5.32 Å². The van der Waals surface area contributed by atoms with E-state index in [0.29, 0.717) is 5.92 Å². The summed E-state index contributed by atoms with van der Waals surface area (Å²) in [6.45, 7) is 13.0. The van der Waals surface area contributed by atoms with Crippen LogP contribution in [0, 0.1) is 19.8 Å². The highest BCUT2D eigenvalue weighted by molar-refractivity contribution is 5.24. The monoisotopic (exact) mass is 263 g/mol. The summed E-state index contributed by atoms with van der Waals surface area (Å²) in [5.74, 6) is 1.72. The number of aromatic nitrogens is 2. The second-order valence-corrected chi connectivity index (χ2v) is 5.72. The molecule has 1 rings (SSSR count). The van der Waals surface area contributed by atoms with Gasteiger partial charge in [-0.25, -0.2) is 9.97 Å². The Labute approximate surface area is 118 Å². The molecule has 19 heavy (non-hydrogen) atoms. The van der Waals surface area contributed by atoms with E-state index in [4.69, 9.17) is 0 Å². The van der Waals surface area contributed by atoms with E-state index in [1.54, 1.807) is 0 Å². The molecule has 1 aromatic heterocycles. The van der Waals surface area contributed by atoms with Crippen molar-refractivity contribution < 1.29 is 0 Å². The Morgan fingerprint density at radius 2 is 1.63 bits per heavy atom. The Balaban J connectivity index is 2.63. The standard InChI is InChI=1S/C16H29N3/c1-6-10-17-11-9-15-13(4)18-16(19-14(15)5)8-7-12(2)3/h12,17H,6-11H2,1-5H3. The van der Waals surface area contributed by atoms with Gasteiger partial charge in [-0.15, -0.1) is 0 Å². The van der Waals surface area contributed by atoms with Crippen LogP contribution in [0.25, 0.3) is 0 Å². The van der Waals surface area contributed by atoms with Crippen LogP contribution in [0.3, 0.4) is 0 Å². The van der Waals surface area contributed by atoms with Gasteiger partial charge in [0.2, 0.25) is 0 Å². The number of nitrogens with one attached hydrogen (secondary N) is 1. The lowest BCUT2D eigenvalue weighted by atomic mass is 10.1. The van der Waals surface area contributed by atoms with E-state index < -0.39 is 0 Å². The van der Waals surface area contributed by atoms with Crippen molar-refractivity contribution in [2.75, 3.05) is 13.1 Å². The SMILES string of the molecule is CCCNCCc1c(C)nc(CCC(C)C)nc1C. The Kier molecular flexibility index (Phi) is 7.00. The van der Waals surface area contributed by atoms with E-state index >= 15 is 0 Å². The second-order valence-electron chi connectivity index (χ2n) is 5.72. The van der Waals surface area contributed by atoms with E-state index in [9.17, 15) is 0 Å². The first kappa shape index (κ1) is 16.1. The Bertz CT molecular complexity index is 363. The zero-order chi connectivity index (χ0) is 14.3. The van der Waals surface area contributed by atoms with Gasteiger partial charge in [-0.05, 0) is 57.7 Å². The highest BCUT2D eigenvalue weighted by Crippen LogP contribution is 2.13. The number of hydrogen-bond acceptors (Lipinski definition) is 3. The van der Waals surface area contributed by atoms with Crippen molar-refractivity contribution in [1.82, 2.24) is 15.3 Å². The third kappa shape index (κ3) is 5.68. The highest BCUT2D eigenvalue weighted by Gasteiger charge is 2.08. The summed E-state index contributed by atoms with van der Waals surface area (Å²) in [5, 5.41) is 3.44. The van der Waals surface area contributed by atoms with E-state index in [2.05, 4.69) is 49.9 Å². The number of aryl methyl sites for hydroxylation is 3. The first-order valence-corrected chi connectivity index (χ1v) is 7.58. The van der Waals surface area contributed by atoms with E-state index in [1.807, 2.05) is 0 Å². The van der Waals surface area contributed by atoms with Gasteiger partial charge in [0.25, 0.3) is 0 Å². The average molecular weight is 263 g/mol. The zero-order valence-corrected chi connectivity index (χ0v) is 13.2. The molecule has 0 saturated heterocycles. The quantitative estimate of drug-likeness (QED) is 0.732. The van der Waals surface area contributed by atoms with Crippen LogP contribution >= 0.6 is 0 Å². The maximum atomic E-state index is 4.67. The number of hydrogen-bond donors (Lipinski definition) is 1. The van der Waals surface area contributed by atoms with E-state index in [-0.39, 0.29) is 0 Å². The second kappa shape index (κ2) is 8.26. The molecule has 0 aliphatic heterocycles. The largest absolute Gasteiger partial charge is 0.316 e. The molecular weight excluding hydrogens is 234 g/mol. The van der Waals surface area contributed by atoms with Crippen LogP contribution in [0.2, 0.25) is 0 Å². The average Bonchev–Trinajstić information content (AvgIpc) is 2.34. The molecule has 108 valence electrons. The molecule has 0 amide bonds. The lowest BCUT2D eigenvalue weighted by Gasteiger charge is -2.12. The van der Waals surface area contributed by atoms with Gasteiger partial charge in [-0.1, -0.05) is 20.8 Å². The molecule has 3 heteroatoms. The third-order valence-electron chi connectivity index (χ3n) is 3.39. The molecule has 1 aromatic rings. The number of rotatable bonds is 8. The predicted octanol–water partition coefficient (Wildman–Crippen LogP) is 3.22. The fraction of sp³-hybridized carbons (Fsp3) is 0.750. The molecule has 1 N–H and O–H groups in total. The maximum absolute atomic E-state index is 4.67. The fourth-order valence-electron chi connectivity index (χ4n) is 2.22. The molecule has 3 nitrogen and oxygen atoms in total. The summed E-state index contributed by atoms with van der Waals surface area (Å²) >= 11 is 0. The van der Waals surface area contributed by atoms with E-state index in [0.717, 1.165) is 49.6 Å². The normalized spacial score (nSPS) is 11.3. The Hall–Kier alpha value is -0.960. The smallest absolute Gasteiger partial charge is 0.128 e. The van der Waals surface area contributed by atoms with Gasteiger partial charge in [-0.3, -0.25) is 0 Å². The van der Waals surface area contributed by atoms with Gasteiger partial charge >= 0.3 is 0 Å². The van der Waals surface area contributed by atoms with E-state index in [1.165, 1.54) is 12.0 Å². The number of nitrogens with zero attached hydrogens (tertiary/aromatic N) is 2.